The van der Waals surface area contributed by atoms with Crippen molar-refractivity contribution in [2.24, 2.45) is 0 Å². The van der Waals surface area contributed by atoms with Crippen molar-refractivity contribution in [3.8, 4) is 11.5 Å². The van der Waals surface area contributed by atoms with Gasteiger partial charge in [-0.25, -0.2) is 0 Å². The van der Waals surface area contributed by atoms with Gasteiger partial charge >= 0.3 is 0 Å². The summed E-state index contributed by atoms with van der Waals surface area (Å²) >= 11 is 1.37. The number of amides is 1. The molecule has 3 rings (SSSR count). The number of aryl methyl sites for hydroxylation is 1. The van der Waals surface area contributed by atoms with E-state index in [1.54, 1.807) is 6.20 Å². The molecule has 0 unspecified atom stereocenters. The molecule has 2 aromatic heterocycles. The maximum atomic E-state index is 12.2. The third-order valence-corrected chi connectivity index (χ3v) is 4.53. The second-order valence-corrected chi connectivity index (χ2v) is 6.41. The molecule has 0 aliphatic rings. The molecule has 0 atom stereocenters. The predicted octanol–water partition coefficient (Wildman–Crippen LogP) is 3.40. The summed E-state index contributed by atoms with van der Waals surface area (Å²) in [4.78, 5) is 16.5. The van der Waals surface area contributed by atoms with E-state index in [-0.39, 0.29) is 11.7 Å². The van der Waals surface area contributed by atoms with Gasteiger partial charge in [-0.3, -0.25) is 9.78 Å². The number of carbonyl (C=O) groups excluding carboxylic acids is 1. The van der Waals surface area contributed by atoms with Crippen molar-refractivity contribution in [1.29, 1.82) is 0 Å². The monoisotopic (exact) mass is 353 g/mol. The zero-order chi connectivity index (χ0) is 17.6. The fraction of sp³-hybridized carbons (Fsp3) is 0.222. The fourth-order valence-electron chi connectivity index (χ4n) is 2.42. The number of nitrogens with one attached hydrogen (secondary N) is 1. The molecule has 7 heteroatoms. The number of nitrogens with zero attached hydrogens (tertiary/aromatic N) is 4. The van der Waals surface area contributed by atoms with Crippen LogP contribution in [0.4, 0.5) is 5.69 Å². The Bertz CT molecular complexity index is 863. The number of thioether (sulfide) groups is 1. The Balaban J connectivity index is 1.67. The third kappa shape index (κ3) is 4.24. The van der Waals surface area contributed by atoms with Crippen LogP contribution >= 0.6 is 11.8 Å². The molecule has 1 amide bonds. The van der Waals surface area contributed by atoms with E-state index in [0.717, 1.165) is 16.9 Å². The van der Waals surface area contributed by atoms with E-state index in [0.29, 0.717) is 17.5 Å². The summed E-state index contributed by atoms with van der Waals surface area (Å²) in [6.07, 6.45) is 1.73. The summed E-state index contributed by atoms with van der Waals surface area (Å²) < 4.78 is 1.97. The van der Waals surface area contributed by atoms with Crippen molar-refractivity contribution in [2.45, 2.75) is 25.5 Å². The molecule has 1 N–H and O–H groups in total. The number of aromatic nitrogens is 4. The Morgan fingerprint density at radius 1 is 1.20 bits per heavy atom. The van der Waals surface area contributed by atoms with E-state index in [9.17, 15) is 4.79 Å². The van der Waals surface area contributed by atoms with Crippen LogP contribution in [0.15, 0.2) is 53.8 Å². The Kier molecular flexibility index (Phi) is 5.45. The van der Waals surface area contributed by atoms with Crippen LogP contribution in [0.2, 0.25) is 0 Å². The Labute approximate surface area is 150 Å². The van der Waals surface area contributed by atoms with Gasteiger partial charge < -0.3 is 9.88 Å². The van der Waals surface area contributed by atoms with Gasteiger partial charge in [-0.1, -0.05) is 30.0 Å². The Hall–Kier alpha value is -2.67. The second kappa shape index (κ2) is 7.94. The lowest BCUT2D eigenvalue weighted by atomic mass is 10.2. The van der Waals surface area contributed by atoms with Gasteiger partial charge in [-0.2, -0.15) is 0 Å². The van der Waals surface area contributed by atoms with Crippen LogP contribution in [-0.2, 0) is 11.3 Å². The number of pyridine rings is 1. The summed E-state index contributed by atoms with van der Waals surface area (Å²) in [5, 5.41) is 12.1. The molecule has 0 radical (unpaired) electrons. The van der Waals surface area contributed by atoms with Crippen LogP contribution in [0.1, 0.15) is 12.5 Å². The number of carbonyl (C=O) groups is 1. The van der Waals surface area contributed by atoms with Gasteiger partial charge in [0.15, 0.2) is 11.0 Å². The van der Waals surface area contributed by atoms with Crippen LogP contribution < -0.4 is 5.32 Å². The van der Waals surface area contributed by atoms with Crippen molar-refractivity contribution >= 4 is 23.4 Å². The van der Waals surface area contributed by atoms with Gasteiger partial charge in [0.2, 0.25) is 5.91 Å². The maximum Gasteiger partial charge on any atom is 0.234 e. The third-order valence-electron chi connectivity index (χ3n) is 3.56. The summed E-state index contributed by atoms with van der Waals surface area (Å²) in [7, 11) is 0. The molecule has 0 spiro atoms. The average molecular weight is 353 g/mol. The maximum absolute atomic E-state index is 12.2. The molecular formula is C18H19N5OS. The predicted molar refractivity (Wildman–Crippen MR) is 99.5 cm³/mol. The molecule has 0 aliphatic heterocycles. The van der Waals surface area contributed by atoms with Crippen molar-refractivity contribution in [3.63, 3.8) is 0 Å². The van der Waals surface area contributed by atoms with Gasteiger partial charge in [0.25, 0.3) is 0 Å². The lowest BCUT2D eigenvalue weighted by Crippen LogP contribution is -2.14. The standard InChI is InChI=1S/C18H19N5OS/c1-3-23-17(15-9-4-5-10-19-15)21-22-18(23)25-12-16(24)20-14-8-6-7-13(2)11-14/h4-11H,3,12H2,1-2H3,(H,20,24). The minimum Gasteiger partial charge on any atom is -0.325 e. The molecule has 6 nitrogen and oxygen atoms in total. The molecule has 0 saturated heterocycles. The van der Waals surface area contributed by atoms with Gasteiger partial charge in [0, 0.05) is 18.4 Å². The lowest BCUT2D eigenvalue weighted by molar-refractivity contribution is -0.113. The highest BCUT2D eigenvalue weighted by Crippen LogP contribution is 2.22. The highest BCUT2D eigenvalue weighted by Gasteiger charge is 2.15. The van der Waals surface area contributed by atoms with Crippen molar-refractivity contribution in [1.82, 2.24) is 19.7 Å². The van der Waals surface area contributed by atoms with Gasteiger partial charge in [-0.15, -0.1) is 10.2 Å². The average Bonchev–Trinajstić information content (AvgIpc) is 3.03. The zero-order valence-electron chi connectivity index (χ0n) is 14.1. The first kappa shape index (κ1) is 17.2. The first-order valence-electron chi connectivity index (χ1n) is 8.01. The quantitative estimate of drug-likeness (QED) is 0.688. The molecule has 128 valence electrons. The number of hydrogen-bond donors (Lipinski definition) is 1. The summed E-state index contributed by atoms with van der Waals surface area (Å²) in [6.45, 7) is 4.72. The highest BCUT2D eigenvalue weighted by atomic mass is 32.2. The minimum absolute atomic E-state index is 0.0689. The zero-order valence-corrected chi connectivity index (χ0v) is 15.0. The van der Waals surface area contributed by atoms with Crippen LogP contribution in [0.3, 0.4) is 0 Å². The van der Waals surface area contributed by atoms with Gasteiger partial charge in [-0.05, 0) is 43.7 Å². The summed E-state index contributed by atoms with van der Waals surface area (Å²) in [5.74, 6) is 0.916. The van der Waals surface area contributed by atoms with E-state index in [2.05, 4.69) is 20.5 Å². The number of anilines is 1. The Morgan fingerprint density at radius 2 is 2.08 bits per heavy atom. The molecular weight excluding hydrogens is 334 g/mol. The fourth-order valence-corrected chi connectivity index (χ4v) is 3.22. The second-order valence-electron chi connectivity index (χ2n) is 5.47. The first-order valence-corrected chi connectivity index (χ1v) is 9.00. The highest BCUT2D eigenvalue weighted by molar-refractivity contribution is 7.99. The van der Waals surface area contributed by atoms with E-state index >= 15 is 0 Å². The molecule has 25 heavy (non-hydrogen) atoms. The van der Waals surface area contributed by atoms with E-state index in [1.165, 1.54) is 11.8 Å². The van der Waals surface area contributed by atoms with Crippen LogP contribution in [0.25, 0.3) is 11.5 Å². The number of rotatable bonds is 6. The SMILES string of the molecule is CCn1c(SCC(=O)Nc2cccc(C)c2)nnc1-c1ccccn1. The largest absolute Gasteiger partial charge is 0.325 e. The Morgan fingerprint density at radius 3 is 2.80 bits per heavy atom. The molecule has 0 aliphatic carbocycles. The summed E-state index contributed by atoms with van der Waals surface area (Å²) in [5.41, 5.74) is 2.68. The lowest BCUT2D eigenvalue weighted by Gasteiger charge is -2.08. The summed E-state index contributed by atoms with van der Waals surface area (Å²) in [6, 6.07) is 13.4. The topological polar surface area (TPSA) is 72.7 Å². The van der Waals surface area contributed by atoms with Crippen molar-refractivity contribution < 1.29 is 4.79 Å². The minimum atomic E-state index is -0.0689. The van der Waals surface area contributed by atoms with Crippen LogP contribution in [0, 0.1) is 6.92 Å². The van der Waals surface area contributed by atoms with Gasteiger partial charge in [0.05, 0.1) is 5.75 Å². The number of benzene rings is 1. The van der Waals surface area contributed by atoms with Crippen molar-refractivity contribution in [2.75, 3.05) is 11.1 Å². The van der Waals surface area contributed by atoms with E-state index in [4.69, 9.17) is 0 Å². The van der Waals surface area contributed by atoms with Crippen LogP contribution in [-0.4, -0.2) is 31.4 Å². The molecule has 0 fully saturated rings. The number of hydrogen-bond acceptors (Lipinski definition) is 5. The first-order chi connectivity index (χ1) is 12.2. The van der Waals surface area contributed by atoms with E-state index in [1.807, 2.05) is 60.9 Å². The normalized spacial score (nSPS) is 10.6. The molecule has 3 aromatic rings. The molecule has 0 bridgehead atoms. The van der Waals surface area contributed by atoms with Crippen molar-refractivity contribution in [3.05, 3.63) is 54.2 Å². The van der Waals surface area contributed by atoms with Crippen LogP contribution in [0.5, 0.6) is 0 Å². The van der Waals surface area contributed by atoms with Gasteiger partial charge in [0.1, 0.15) is 5.69 Å². The molecule has 1 aromatic carbocycles. The molecule has 0 saturated carbocycles. The van der Waals surface area contributed by atoms with E-state index < -0.39 is 0 Å². The smallest absolute Gasteiger partial charge is 0.234 e. The molecule has 2 heterocycles.